The van der Waals surface area contributed by atoms with E-state index in [-0.39, 0.29) is 6.10 Å². The van der Waals surface area contributed by atoms with Crippen molar-refractivity contribution in [2.45, 2.75) is 25.7 Å². The topological polar surface area (TPSA) is 21.8 Å². The Bertz CT molecular complexity index is 254. The summed E-state index contributed by atoms with van der Waals surface area (Å²) in [6, 6.07) is 10.2. The highest BCUT2D eigenvalue weighted by Gasteiger charge is 2.29. The third kappa shape index (κ3) is 2.54. The predicted octanol–water partition coefficient (Wildman–Crippen LogP) is 1.99. The van der Waals surface area contributed by atoms with Crippen molar-refractivity contribution in [2.24, 2.45) is 0 Å². The van der Waals surface area contributed by atoms with Crippen LogP contribution in [0.5, 0.6) is 0 Å². The van der Waals surface area contributed by atoms with Gasteiger partial charge in [-0.1, -0.05) is 30.3 Å². The van der Waals surface area contributed by atoms with Crippen molar-refractivity contribution in [3.05, 3.63) is 35.9 Å². The maximum atomic E-state index is 5.63. The summed E-state index contributed by atoms with van der Waals surface area (Å²) >= 11 is 0. The van der Waals surface area contributed by atoms with Crippen LogP contribution in [0, 0.1) is 0 Å². The van der Waals surface area contributed by atoms with Gasteiger partial charge in [-0.3, -0.25) is 0 Å². The van der Waals surface area contributed by atoms with E-state index >= 15 is 0 Å². The van der Waals surface area contributed by atoms with Gasteiger partial charge in [-0.15, -0.1) is 0 Å². The number of benzene rings is 1. The first-order valence-corrected chi connectivity index (χ1v) is 4.63. The molecular weight excluding hydrogens is 164 g/mol. The molecule has 0 aliphatic carbocycles. The van der Waals surface area contributed by atoms with Gasteiger partial charge in [0.1, 0.15) is 6.10 Å². The fraction of sp³-hybridized carbons (Fsp3) is 0.455. The average molecular weight is 178 g/mol. The summed E-state index contributed by atoms with van der Waals surface area (Å²) in [6.07, 6.45) is 0.559. The lowest BCUT2D eigenvalue weighted by atomic mass is 10.2. The van der Waals surface area contributed by atoms with E-state index < -0.39 is 0 Å². The van der Waals surface area contributed by atoms with E-state index in [9.17, 15) is 0 Å². The first-order valence-electron chi connectivity index (χ1n) is 4.63. The van der Waals surface area contributed by atoms with E-state index in [4.69, 9.17) is 9.47 Å². The van der Waals surface area contributed by atoms with E-state index in [0.717, 1.165) is 6.61 Å². The molecule has 1 aromatic rings. The van der Waals surface area contributed by atoms with Crippen LogP contribution in [-0.2, 0) is 16.1 Å². The summed E-state index contributed by atoms with van der Waals surface area (Å²) < 4.78 is 10.8. The van der Waals surface area contributed by atoms with Crippen molar-refractivity contribution in [1.82, 2.24) is 0 Å². The van der Waals surface area contributed by atoms with Crippen molar-refractivity contribution in [3.63, 3.8) is 0 Å². The SMILES string of the molecule is CC(OCc1ccccc1)[C@@H]1CO1. The van der Waals surface area contributed by atoms with Crippen LogP contribution in [0.2, 0.25) is 0 Å². The summed E-state index contributed by atoms with van der Waals surface area (Å²) in [7, 11) is 0. The Morgan fingerprint density at radius 3 is 2.77 bits per heavy atom. The van der Waals surface area contributed by atoms with Gasteiger partial charge in [0.2, 0.25) is 0 Å². The summed E-state index contributed by atoms with van der Waals surface area (Å²) in [6.45, 7) is 3.60. The average Bonchev–Trinajstić information content (AvgIpc) is 2.99. The minimum Gasteiger partial charge on any atom is -0.371 e. The molecule has 0 bridgehead atoms. The van der Waals surface area contributed by atoms with Crippen molar-refractivity contribution in [3.8, 4) is 0 Å². The van der Waals surface area contributed by atoms with Crippen LogP contribution >= 0.6 is 0 Å². The molecule has 2 rings (SSSR count). The molecule has 1 unspecified atom stereocenters. The van der Waals surface area contributed by atoms with Gasteiger partial charge in [0, 0.05) is 0 Å². The lowest BCUT2D eigenvalue weighted by Crippen LogP contribution is -2.14. The van der Waals surface area contributed by atoms with E-state index in [0.29, 0.717) is 12.7 Å². The molecule has 1 heterocycles. The van der Waals surface area contributed by atoms with Gasteiger partial charge in [-0.05, 0) is 12.5 Å². The second kappa shape index (κ2) is 3.90. The second-order valence-corrected chi connectivity index (χ2v) is 3.37. The molecule has 1 aromatic carbocycles. The quantitative estimate of drug-likeness (QED) is 0.658. The van der Waals surface area contributed by atoms with Crippen LogP contribution in [-0.4, -0.2) is 18.8 Å². The molecule has 0 aromatic heterocycles. The van der Waals surface area contributed by atoms with Crippen LogP contribution in [0.3, 0.4) is 0 Å². The first kappa shape index (κ1) is 8.73. The Morgan fingerprint density at radius 2 is 2.15 bits per heavy atom. The number of hydrogen-bond acceptors (Lipinski definition) is 2. The van der Waals surface area contributed by atoms with Crippen molar-refractivity contribution < 1.29 is 9.47 Å². The van der Waals surface area contributed by atoms with E-state index in [2.05, 4.69) is 19.1 Å². The van der Waals surface area contributed by atoms with Gasteiger partial charge in [0.25, 0.3) is 0 Å². The number of rotatable bonds is 4. The second-order valence-electron chi connectivity index (χ2n) is 3.37. The number of epoxide rings is 1. The maximum absolute atomic E-state index is 5.63. The lowest BCUT2D eigenvalue weighted by Gasteiger charge is -2.09. The lowest BCUT2D eigenvalue weighted by molar-refractivity contribution is 0.0340. The van der Waals surface area contributed by atoms with Crippen LogP contribution in [0.4, 0.5) is 0 Å². The molecule has 2 atom stereocenters. The predicted molar refractivity (Wildman–Crippen MR) is 50.4 cm³/mol. The fourth-order valence-electron chi connectivity index (χ4n) is 1.24. The van der Waals surface area contributed by atoms with Crippen molar-refractivity contribution in [1.29, 1.82) is 0 Å². The third-order valence-electron chi connectivity index (χ3n) is 2.24. The van der Waals surface area contributed by atoms with E-state index in [1.807, 2.05) is 18.2 Å². The van der Waals surface area contributed by atoms with E-state index in [1.54, 1.807) is 0 Å². The smallest absolute Gasteiger partial charge is 0.107 e. The van der Waals surface area contributed by atoms with Crippen LogP contribution in [0.25, 0.3) is 0 Å². The molecule has 1 saturated heterocycles. The van der Waals surface area contributed by atoms with Crippen LogP contribution in [0.15, 0.2) is 30.3 Å². The molecule has 0 amide bonds. The molecule has 2 nitrogen and oxygen atoms in total. The fourth-order valence-corrected chi connectivity index (χ4v) is 1.24. The molecule has 0 N–H and O–H groups in total. The van der Waals surface area contributed by atoms with Gasteiger partial charge in [0.05, 0.1) is 19.3 Å². The molecule has 13 heavy (non-hydrogen) atoms. The van der Waals surface area contributed by atoms with Crippen LogP contribution < -0.4 is 0 Å². The summed E-state index contributed by atoms with van der Waals surface area (Å²) in [5.41, 5.74) is 1.22. The largest absolute Gasteiger partial charge is 0.371 e. The standard InChI is InChI=1S/C11H14O2/c1-9(11-8-13-11)12-7-10-5-3-2-4-6-10/h2-6,9,11H,7-8H2,1H3/t9?,11-/m0/s1. The van der Waals surface area contributed by atoms with Crippen molar-refractivity contribution >= 4 is 0 Å². The molecule has 0 spiro atoms. The normalized spacial score (nSPS) is 22.7. The van der Waals surface area contributed by atoms with Gasteiger partial charge in [-0.2, -0.15) is 0 Å². The number of hydrogen-bond donors (Lipinski definition) is 0. The molecule has 70 valence electrons. The molecule has 1 aliphatic rings. The Balaban J connectivity index is 1.78. The zero-order valence-electron chi connectivity index (χ0n) is 7.77. The minimum absolute atomic E-state index is 0.222. The van der Waals surface area contributed by atoms with Crippen LogP contribution in [0.1, 0.15) is 12.5 Å². The monoisotopic (exact) mass is 178 g/mol. The highest BCUT2D eigenvalue weighted by molar-refractivity contribution is 5.13. The van der Waals surface area contributed by atoms with Gasteiger partial charge in [-0.25, -0.2) is 0 Å². The van der Waals surface area contributed by atoms with E-state index in [1.165, 1.54) is 5.56 Å². The summed E-state index contributed by atoms with van der Waals surface area (Å²) in [4.78, 5) is 0. The number of ether oxygens (including phenoxy) is 2. The molecule has 1 aliphatic heterocycles. The zero-order valence-corrected chi connectivity index (χ0v) is 7.77. The first-order chi connectivity index (χ1) is 6.36. The van der Waals surface area contributed by atoms with Gasteiger partial charge < -0.3 is 9.47 Å². The zero-order chi connectivity index (χ0) is 9.10. The van der Waals surface area contributed by atoms with Gasteiger partial charge >= 0.3 is 0 Å². The summed E-state index contributed by atoms with van der Waals surface area (Å²) in [5, 5.41) is 0. The highest BCUT2D eigenvalue weighted by Crippen LogP contribution is 2.17. The minimum atomic E-state index is 0.222. The highest BCUT2D eigenvalue weighted by atomic mass is 16.6. The summed E-state index contributed by atoms with van der Waals surface area (Å²) in [5.74, 6) is 0. The molecule has 2 heteroatoms. The third-order valence-corrected chi connectivity index (χ3v) is 2.24. The Labute approximate surface area is 78.5 Å². The molecule has 1 fully saturated rings. The maximum Gasteiger partial charge on any atom is 0.107 e. The Morgan fingerprint density at radius 1 is 1.46 bits per heavy atom. The molecule has 0 saturated carbocycles. The van der Waals surface area contributed by atoms with Gasteiger partial charge in [0.15, 0.2) is 0 Å². The van der Waals surface area contributed by atoms with Crippen molar-refractivity contribution in [2.75, 3.05) is 6.61 Å². The Hall–Kier alpha value is -0.860. The molecular formula is C11H14O2. The Kier molecular flexibility index (Phi) is 2.62. The molecule has 0 radical (unpaired) electrons.